The van der Waals surface area contributed by atoms with Gasteiger partial charge in [-0.25, -0.2) is 4.98 Å². The minimum atomic E-state index is 0.0929. The minimum Gasteiger partial charge on any atom is -0.395 e. The zero-order valence-electron chi connectivity index (χ0n) is 13.1. The Bertz CT molecular complexity index is 636. The first-order valence-corrected chi connectivity index (χ1v) is 8.68. The van der Waals surface area contributed by atoms with E-state index in [4.69, 9.17) is 15.1 Å². The molecule has 1 aliphatic heterocycles. The lowest BCUT2D eigenvalue weighted by Gasteiger charge is -2.27. The van der Waals surface area contributed by atoms with Crippen LogP contribution in [0.15, 0.2) is 5.38 Å². The van der Waals surface area contributed by atoms with Gasteiger partial charge in [-0.1, -0.05) is 13.8 Å². The van der Waals surface area contributed by atoms with E-state index in [1.807, 2.05) is 0 Å². The molecule has 0 atom stereocenters. The van der Waals surface area contributed by atoms with E-state index in [1.54, 1.807) is 11.3 Å². The summed E-state index contributed by atoms with van der Waals surface area (Å²) in [5.74, 6) is 2.06. The maximum absolute atomic E-state index is 9.12. The number of aliphatic hydroxyl groups is 1. The number of piperazine rings is 1. The number of nitrogens with zero attached hydrogens (tertiary/aromatic N) is 3. The number of hydrogen-bond acceptors (Lipinski definition) is 7. The van der Waals surface area contributed by atoms with Crippen molar-refractivity contribution in [2.24, 2.45) is 0 Å². The summed E-state index contributed by atoms with van der Waals surface area (Å²) >= 11 is 1.67. The van der Waals surface area contributed by atoms with Gasteiger partial charge in [-0.2, -0.15) is 4.98 Å². The highest BCUT2D eigenvalue weighted by Crippen LogP contribution is 2.35. The standard InChI is InChI=1S/C15H23N5OS/c1-10(2)11-9-22-14-12(11)13(17-5-8-21)18-15(19-14)20-6-3-16-4-7-20/h9-10,16,21H,3-8H2,1-2H3,(H,17,18,19). The number of nitrogens with one attached hydrogen (secondary N) is 2. The molecule has 3 N–H and O–H groups in total. The lowest BCUT2D eigenvalue weighted by molar-refractivity contribution is 0.311. The predicted octanol–water partition coefficient (Wildman–Crippen LogP) is 1.63. The van der Waals surface area contributed by atoms with Crippen molar-refractivity contribution in [2.75, 3.05) is 49.5 Å². The first-order chi connectivity index (χ1) is 10.7. The van der Waals surface area contributed by atoms with Crippen LogP contribution in [0, 0.1) is 0 Å². The van der Waals surface area contributed by atoms with Crippen LogP contribution in [0.2, 0.25) is 0 Å². The van der Waals surface area contributed by atoms with Crippen LogP contribution >= 0.6 is 11.3 Å². The van der Waals surface area contributed by atoms with Gasteiger partial charge in [0.25, 0.3) is 0 Å². The summed E-state index contributed by atoms with van der Waals surface area (Å²) in [6.07, 6.45) is 0. The molecule has 6 nitrogen and oxygen atoms in total. The number of thiophene rings is 1. The van der Waals surface area contributed by atoms with Crippen molar-refractivity contribution in [1.29, 1.82) is 0 Å². The lowest BCUT2D eigenvalue weighted by Crippen LogP contribution is -2.44. The Hall–Kier alpha value is -1.44. The van der Waals surface area contributed by atoms with Crippen LogP contribution in [0.3, 0.4) is 0 Å². The molecule has 0 unspecified atom stereocenters. The SMILES string of the molecule is CC(C)c1csc2nc(N3CCNCC3)nc(NCCO)c12. The molecule has 1 aliphatic rings. The Morgan fingerprint density at radius 1 is 1.36 bits per heavy atom. The Kier molecular flexibility index (Phi) is 4.75. The Morgan fingerprint density at radius 3 is 2.82 bits per heavy atom. The number of fused-ring (bicyclic) bond motifs is 1. The molecule has 1 saturated heterocycles. The molecule has 0 aliphatic carbocycles. The molecule has 7 heteroatoms. The largest absolute Gasteiger partial charge is 0.395 e. The van der Waals surface area contributed by atoms with Crippen molar-refractivity contribution in [3.63, 3.8) is 0 Å². The second-order valence-corrected chi connectivity index (χ2v) is 6.64. The molecule has 0 spiro atoms. The maximum Gasteiger partial charge on any atom is 0.228 e. The molecule has 0 bridgehead atoms. The molecule has 0 aromatic carbocycles. The number of aromatic nitrogens is 2. The van der Waals surface area contributed by atoms with Crippen molar-refractivity contribution in [1.82, 2.24) is 15.3 Å². The smallest absolute Gasteiger partial charge is 0.228 e. The summed E-state index contributed by atoms with van der Waals surface area (Å²) in [6.45, 7) is 8.73. The molecule has 22 heavy (non-hydrogen) atoms. The highest BCUT2D eigenvalue weighted by Gasteiger charge is 2.19. The second-order valence-electron chi connectivity index (χ2n) is 5.79. The van der Waals surface area contributed by atoms with Gasteiger partial charge in [0.2, 0.25) is 5.95 Å². The molecular weight excluding hydrogens is 298 g/mol. The zero-order chi connectivity index (χ0) is 15.5. The van der Waals surface area contributed by atoms with Gasteiger partial charge in [0.05, 0.1) is 12.0 Å². The molecule has 2 aromatic heterocycles. The normalized spacial score (nSPS) is 15.7. The van der Waals surface area contributed by atoms with Crippen LogP contribution in [-0.2, 0) is 0 Å². The van der Waals surface area contributed by atoms with Gasteiger partial charge in [0.15, 0.2) is 0 Å². The van der Waals surface area contributed by atoms with Crippen molar-refractivity contribution < 1.29 is 5.11 Å². The Morgan fingerprint density at radius 2 is 2.14 bits per heavy atom. The van der Waals surface area contributed by atoms with E-state index in [9.17, 15) is 0 Å². The van der Waals surface area contributed by atoms with E-state index in [2.05, 4.69) is 34.8 Å². The molecule has 0 radical (unpaired) electrons. The highest BCUT2D eigenvalue weighted by atomic mass is 32.1. The van der Waals surface area contributed by atoms with E-state index >= 15 is 0 Å². The topological polar surface area (TPSA) is 73.3 Å². The zero-order valence-corrected chi connectivity index (χ0v) is 13.9. The highest BCUT2D eigenvalue weighted by molar-refractivity contribution is 7.17. The van der Waals surface area contributed by atoms with E-state index in [0.29, 0.717) is 12.5 Å². The van der Waals surface area contributed by atoms with Crippen molar-refractivity contribution >= 4 is 33.3 Å². The van der Waals surface area contributed by atoms with Crippen LogP contribution in [0.5, 0.6) is 0 Å². The summed E-state index contributed by atoms with van der Waals surface area (Å²) in [5.41, 5.74) is 1.27. The molecule has 120 valence electrons. The average Bonchev–Trinajstić information content (AvgIpc) is 2.97. The van der Waals surface area contributed by atoms with Gasteiger partial charge in [0, 0.05) is 32.7 Å². The van der Waals surface area contributed by atoms with Crippen molar-refractivity contribution in [3.05, 3.63) is 10.9 Å². The van der Waals surface area contributed by atoms with Crippen LogP contribution < -0.4 is 15.5 Å². The number of aliphatic hydroxyl groups excluding tert-OH is 1. The third-order valence-electron chi connectivity index (χ3n) is 3.88. The quantitative estimate of drug-likeness (QED) is 0.777. The Balaban J connectivity index is 2.04. The summed E-state index contributed by atoms with van der Waals surface area (Å²) in [6, 6.07) is 0. The predicted molar refractivity (Wildman–Crippen MR) is 92.2 cm³/mol. The van der Waals surface area contributed by atoms with Gasteiger partial charge < -0.3 is 20.6 Å². The summed E-state index contributed by atoms with van der Waals surface area (Å²) < 4.78 is 0. The van der Waals surface area contributed by atoms with Crippen LogP contribution in [0.1, 0.15) is 25.3 Å². The fourth-order valence-corrected chi connectivity index (χ4v) is 3.78. The molecule has 3 heterocycles. The van der Waals surface area contributed by atoms with Crippen LogP contribution in [0.4, 0.5) is 11.8 Å². The van der Waals surface area contributed by atoms with Gasteiger partial charge in [0.1, 0.15) is 10.6 Å². The molecule has 3 rings (SSSR count). The fourth-order valence-electron chi connectivity index (χ4n) is 2.69. The Labute approximate surface area is 134 Å². The monoisotopic (exact) mass is 321 g/mol. The van der Waals surface area contributed by atoms with Gasteiger partial charge in [-0.3, -0.25) is 0 Å². The number of rotatable bonds is 5. The number of anilines is 2. The van der Waals surface area contributed by atoms with Gasteiger partial charge in [-0.15, -0.1) is 11.3 Å². The van der Waals surface area contributed by atoms with Crippen molar-refractivity contribution in [2.45, 2.75) is 19.8 Å². The van der Waals surface area contributed by atoms with E-state index in [-0.39, 0.29) is 6.61 Å². The van der Waals surface area contributed by atoms with E-state index in [0.717, 1.165) is 48.2 Å². The summed E-state index contributed by atoms with van der Waals surface area (Å²) in [5, 5.41) is 19.0. The first-order valence-electron chi connectivity index (χ1n) is 7.80. The molecular formula is C15H23N5OS. The fraction of sp³-hybridized carbons (Fsp3) is 0.600. The third kappa shape index (κ3) is 3.02. The molecule has 0 amide bonds. The first kappa shape index (κ1) is 15.5. The van der Waals surface area contributed by atoms with Gasteiger partial charge in [-0.05, 0) is 16.9 Å². The molecule has 0 saturated carbocycles. The van der Waals surface area contributed by atoms with E-state index in [1.165, 1.54) is 5.56 Å². The molecule has 2 aromatic rings. The van der Waals surface area contributed by atoms with E-state index < -0.39 is 0 Å². The summed E-state index contributed by atoms with van der Waals surface area (Å²) in [7, 11) is 0. The minimum absolute atomic E-state index is 0.0929. The lowest BCUT2D eigenvalue weighted by atomic mass is 10.0. The second kappa shape index (κ2) is 6.76. The van der Waals surface area contributed by atoms with Gasteiger partial charge >= 0.3 is 0 Å². The summed E-state index contributed by atoms with van der Waals surface area (Å²) in [4.78, 5) is 12.8. The third-order valence-corrected chi connectivity index (χ3v) is 4.77. The maximum atomic E-state index is 9.12. The van der Waals surface area contributed by atoms with Crippen LogP contribution in [-0.4, -0.2) is 54.4 Å². The average molecular weight is 321 g/mol. The van der Waals surface area contributed by atoms with Crippen molar-refractivity contribution in [3.8, 4) is 0 Å². The molecule has 1 fully saturated rings. The number of hydrogen-bond donors (Lipinski definition) is 3. The van der Waals surface area contributed by atoms with Crippen LogP contribution in [0.25, 0.3) is 10.2 Å².